The molecule has 1 fully saturated rings. The van der Waals surface area contributed by atoms with Crippen LogP contribution in [0.5, 0.6) is 0 Å². The number of hydrogen-bond acceptors (Lipinski definition) is 3. The summed E-state index contributed by atoms with van der Waals surface area (Å²) in [5, 5.41) is 0. The fourth-order valence-corrected chi connectivity index (χ4v) is 4.42. The van der Waals surface area contributed by atoms with Gasteiger partial charge in [-0.2, -0.15) is 4.31 Å². The van der Waals surface area contributed by atoms with E-state index in [1.165, 1.54) is 4.31 Å². The van der Waals surface area contributed by atoms with Crippen molar-refractivity contribution in [3.05, 3.63) is 29.8 Å². The third-order valence-corrected chi connectivity index (χ3v) is 5.34. The molecule has 1 heterocycles. The highest BCUT2D eigenvalue weighted by molar-refractivity contribution is 7.89. The van der Waals surface area contributed by atoms with Gasteiger partial charge in [-0.25, -0.2) is 8.42 Å². The van der Waals surface area contributed by atoms with Crippen LogP contribution in [0.15, 0.2) is 29.2 Å². The van der Waals surface area contributed by atoms with Gasteiger partial charge in [0.1, 0.15) is 0 Å². The Labute approximate surface area is 125 Å². The van der Waals surface area contributed by atoms with Gasteiger partial charge in [-0.3, -0.25) is 0 Å². The van der Waals surface area contributed by atoms with E-state index in [0.29, 0.717) is 23.9 Å². The number of nitrogens with zero attached hydrogens (tertiary/aromatic N) is 1. The van der Waals surface area contributed by atoms with Crippen molar-refractivity contribution in [2.24, 2.45) is 0 Å². The van der Waals surface area contributed by atoms with Gasteiger partial charge in [0.15, 0.2) is 0 Å². The van der Waals surface area contributed by atoms with E-state index < -0.39 is 15.6 Å². The third kappa shape index (κ3) is 3.34. The fraction of sp³-hybridized carbons (Fsp3) is 0.571. The lowest BCUT2D eigenvalue weighted by molar-refractivity contribution is -0.109. The van der Waals surface area contributed by atoms with Gasteiger partial charge < -0.3 is 4.74 Å². The van der Waals surface area contributed by atoms with Crippen LogP contribution < -0.4 is 0 Å². The molecule has 1 aromatic rings. The van der Waals surface area contributed by atoms with Gasteiger partial charge in [0, 0.05) is 19.0 Å². The first-order valence-electron chi connectivity index (χ1n) is 6.57. The summed E-state index contributed by atoms with van der Waals surface area (Å²) < 4.78 is 32.7. The number of halogens is 1. The molecule has 0 amide bonds. The molecule has 1 saturated heterocycles. The molecule has 0 radical (unpaired) electrons. The van der Waals surface area contributed by atoms with Gasteiger partial charge in [-0.15, -0.1) is 11.6 Å². The van der Waals surface area contributed by atoms with Gasteiger partial charge >= 0.3 is 0 Å². The van der Waals surface area contributed by atoms with Crippen molar-refractivity contribution in [3.63, 3.8) is 0 Å². The molecule has 1 aliphatic heterocycles. The van der Waals surface area contributed by atoms with E-state index in [1.54, 1.807) is 18.2 Å². The normalized spacial score (nSPS) is 23.7. The Morgan fingerprint density at radius 3 is 2.75 bits per heavy atom. The Hall–Kier alpha value is -0.620. The molecule has 0 N–H and O–H groups in total. The molecule has 0 spiro atoms. The monoisotopic (exact) mass is 317 g/mol. The maximum Gasteiger partial charge on any atom is 0.243 e. The van der Waals surface area contributed by atoms with Gasteiger partial charge in [0.25, 0.3) is 0 Å². The van der Waals surface area contributed by atoms with Crippen LogP contribution in [0, 0.1) is 0 Å². The summed E-state index contributed by atoms with van der Waals surface area (Å²) in [6.07, 6.45) is -0.121. The van der Waals surface area contributed by atoms with Crippen LogP contribution in [0.25, 0.3) is 0 Å². The highest BCUT2D eigenvalue weighted by Gasteiger charge is 2.37. The molecule has 1 aromatic carbocycles. The summed E-state index contributed by atoms with van der Waals surface area (Å²) >= 11 is 5.77. The Kier molecular flexibility index (Phi) is 4.44. The first-order chi connectivity index (χ1) is 9.24. The van der Waals surface area contributed by atoms with E-state index in [1.807, 2.05) is 26.8 Å². The zero-order valence-corrected chi connectivity index (χ0v) is 13.5. The molecule has 1 unspecified atom stereocenters. The van der Waals surface area contributed by atoms with Crippen LogP contribution in [-0.2, 0) is 20.6 Å². The number of alkyl halides is 1. The van der Waals surface area contributed by atoms with Crippen LogP contribution in [0.2, 0.25) is 0 Å². The maximum atomic E-state index is 12.7. The van der Waals surface area contributed by atoms with Gasteiger partial charge in [-0.05, 0) is 38.5 Å². The van der Waals surface area contributed by atoms with E-state index >= 15 is 0 Å². The van der Waals surface area contributed by atoms with Gasteiger partial charge in [-0.1, -0.05) is 12.1 Å². The van der Waals surface area contributed by atoms with Gasteiger partial charge in [0.05, 0.1) is 16.6 Å². The first-order valence-corrected chi connectivity index (χ1v) is 8.55. The lowest BCUT2D eigenvalue weighted by Crippen LogP contribution is -2.53. The van der Waals surface area contributed by atoms with Crippen molar-refractivity contribution >= 4 is 21.6 Å². The molecule has 1 aliphatic rings. The second-order valence-corrected chi connectivity index (χ2v) is 7.97. The summed E-state index contributed by atoms with van der Waals surface area (Å²) in [6.45, 7) is 6.42. The summed E-state index contributed by atoms with van der Waals surface area (Å²) in [5.41, 5.74) is 0.322. The maximum absolute atomic E-state index is 12.7. The fourth-order valence-electron chi connectivity index (χ4n) is 2.52. The standard InChI is InChI=1S/C14H20ClNO3S/c1-11-9-16(10-14(2,3)19-11)20(17,18)13-6-4-5-12(7-13)8-15/h4-7,11H,8-10H2,1-3H3. The molecule has 0 bridgehead atoms. The first kappa shape index (κ1) is 15.8. The van der Waals surface area contributed by atoms with E-state index in [9.17, 15) is 8.42 Å². The Morgan fingerprint density at radius 1 is 1.45 bits per heavy atom. The molecule has 1 atom stereocenters. The van der Waals surface area contributed by atoms with Crippen LogP contribution >= 0.6 is 11.6 Å². The molecule has 112 valence electrons. The van der Waals surface area contributed by atoms with E-state index in [4.69, 9.17) is 16.3 Å². The third-order valence-electron chi connectivity index (χ3n) is 3.23. The second-order valence-electron chi connectivity index (χ2n) is 5.77. The lowest BCUT2D eigenvalue weighted by atomic mass is 10.1. The van der Waals surface area contributed by atoms with Crippen molar-refractivity contribution in [1.29, 1.82) is 0 Å². The summed E-state index contributed by atoms with van der Waals surface area (Å²) in [5.74, 6) is 0.300. The molecule has 20 heavy (non-hydrogen) atoms. The Morgan fingerprint density at radius 2 is 2.15 bits per heavy atom. The van der Waals surface area contributed by atoms with Crippen molar-refractivity contribution in [2.45, 2.75) is 43.3 Å². The molecule has 6 heteroatoms. The Bertz CT molecular complexity index is 586. The van der Waals surface area contributed by atoms with Crippen molar-refractivity contribution in [2.75, 3.05) is 13.1 Å². The number of benzene rings is 1. The van der Waals surface area contributed by atoms with E-state index in [2.05, 4.69) is 0 Å². The largest absolute Gasteiger partial charge is 0.370 e. The minimum atomic E-state index is -3.50. The van der Waals surface area contributed by atoms with Crippen molar-refractivity contribution in [1.82, 2.24) is 4.31 Å². The molecular weight excluding hydrogens is 298 g/mol. The van der Waals surface area contributed by atoms with Crippen LogP contribution in [0.1, 0.15) is 26.3 Å². The Balaban J connectivity index is 2.34. The molecule has 0 aliphatic carbocycles. The van der Waals surface area contributed by atoms with Crippen molar-refractivity contribution in [3.8, 4) is 0 Å². The molecular formula is C14H20ClNO3S. The molecule has 2 rings (SSSR count). The van der Waals surface area contributed by atoms with Gasteiger partial charge in [0.2, 0.25) is 10.0 Å². The molecule has 4 nitrogen and oxygen atoms in total. The predicted molar refractivity (Wildman–Crippen MR) is 79.4 cm³/mol. The van der Waals surface area contributed by atoms with Crippen molar-refractivity contribution < 1.29 is 13.2 Å². The number of ether oxygens (including phenoxy) is 1. The number of sulfonamides is 1. The molecule has 0 aromatic heterocycles. The minimum absolute atomic E-state index is 0.121. The van der Waals surface area contributed by atoms with E-state index in [-0.39, 0.29) is 6.10 Å². The molecule has 0 saturated carbocycles. The second kappa shape index (κ2) is 5.64. The lowest BCUT2D eigenvalue weighted by Gasteiger charge is -2.40. The summed E-state index contributed by atoms with van der Waals surface area (Å²) in [4.78, 5) is 0.292. The number of rotatable bonds is 3. The average molecular weight is 318 g/mol. The highest BCUT2D eigenvalue weighted by Crippen LogP contribution is 2.26. The zero-order chi connectivity index (χ0) is 15.0. The van der Waals surface area contributed by atoms with Crippen LogP contribution in [-0.4, -0.2) is 37.5 Å². The zero-order valence-electron chi connectivity index (χ0n) is 12.0. The van der Waals surface area contributed by atoms with Crippen LogP contribution in [0.4, 0.5) is 0 Å². The SMILES string of the molecule is CC1CN(S(=O)(=O)c2cccc(CCl)c2)CC(C)(C)O1. The highest BCUT2D eigenvalue weighted by atomic mass is 35.5. The summed E-state index contributed by atoms with van der Waals surface area (Å²) in [7, 11) is -3.50. The smallest absolute Gasteiger partial charge is 0.243 e. The minimum Gasteiger partial charge on any atom is -0.370 e. The number of morpholine rings is 1. The number of hydrogen-bond donors (Lipinski definition) is 0. The van der Waals surface area contributed by atoms with Crippen LogP contribution in [0.3, 0.4) is 0 Å². The quantitative estimate of drug-likeness (QED) is 0.805. The average Bonchev–Trinajstić information content (AvgIpc) is 2.36. The topological polar surface area (TPSA) is 46.6 Å². The predicted octanol–water partition coefficient (Wildman–Crippen LogP) is 2.61. The summed E-state index contributed by atoms with van der Waals surface area (Å²) in [6, 6.07) is 6.78. The van der Waals surface area contributed by atoms with E-state index in [0.717, 1.165) is 5.56 Å².